The third kappa shape index (κ3) is 1.46. The minimum atomic E-state index is -0.921. The molecule has 14 heavy (non-hydrogen) atoms. The molecule has 1 unspecified atom stereocenters. The van der Waals surface area contributed by atoms with E-state index in [-0.39, 0.29) is 11.8 Å². The van der Waals surface area contributed by atoms with Crippen molar-refractivity contribution >= 4 is 0 Å². The Morgan fingerprint density at radius 2 is 2.14 bits per heavy atom. The third-order valence-corrected chi connectivity index (χ3v) is 2.46. The number of hydrogen-bond donors (Lipinski definition) is 1. The van der Waals surface area contributed by atoms with Crippen molar-refractivity contribution in [3.63, 3.8) is 0 Å². The Hall–Kier alpha value is -1.16. The van der Waals surface area contributed by atoms with E-state index in [1.807, 2.05) is 0 Å². The van der Waals surface area contributed by atoms with Crippen LogP contribution in [0.2, 0.25) is 0 Å². The van der Waals surface area contributed by atoms with Gasteiger partial charge in [-0.2, -0.15) is 4.39 Å². The van der Waals surface area contributed by atoms with Gasteiger partial charge in [-0.15, -0.1) is 0 Å². The number of halogens is 2. The van der Waals surface area contributed by atoms with Gasteiger partial charge >= 0.3 is 0 Å². The lowest BCUT2D eigenvalue weighted by Crippen LogP contribution is -2.35. The molecule has 1 N–H and O–H groups in total. The SMILES string of the molecule is COc1cc(C2CCN2)cc(F)c1F. The van der Waals surface area contributed by atoms with Gasteiger partial charge in [0, 0.05) is 6.04 Å². The van der Waals surface area contributed by atoms with Gasteiger partial charge in [0.1, 0.15) is 0 Å². The summed E-state index contributed by atoms with van der Waals surface area (Å²) < 4.78 is 30.9. The number of ether oxygens (including phenoxy) is 1. The minimum absolute atomic E-state index is 0.0336. The molecule has 0 radical (unpaired) electrons. The topological polar surface area (TPSA) is 21.3 Å². The van der Waals surface area contributed by atoms with E-state index in [1.54, 1.807) is 0 Å². The standard InChI is InChI=1S/C10H11F2NO/c1-14-9-5-6(8-2-3-13-8)4-7(11)10(9)12/h4-5,8,13H,2-3H2,1H3. The number of methoxy groups -OCH3 is 1. The lowest BCUT2D eigenvalue weighted by atomic mass is 9.97. The molecule has 0 aliphatic carbocycles. The summed E-state index contributed by atoms with van der Waals surface area (Å²) in [5.41, 5.74) is 0.743. The monoisotopic (exact) mass is 199 g/mol. The molecule has 76 valence electrons. The quantitative estimate of drug-likeness (QED) is 0.786. The molecule has 1 aliphatic rings. The average molecular weight is 199 g/mol. The van der Waals surface area contributed by atoms with Gasteiger partial charge in [-0.3, -0.25) is 0 Å². The van der Waals surface area contributed by atoms with Crippen molar-refractivity contribution in [1.82, 2.24) is 5.32 Å². The maximum absolute atomic E-state index is 13.1. The molecule has 4 heteroatoms. The molecule has 2 rings (SSSR count). The Morgan fingerprint density at radius 1 is 1.43 bits per heavy atom. The summed E-state index contributed by atoms with van der Waals surface area (Å²) in [6, 6.07) is 2.89. The van der Waals surface area contributed by atoms with Crippen molar-refractivity contribution in [2.75, 3.05) is 13.7 Å². The van der Waals surface area contributed by atoms with Gasteiger partial charge in [-0.25, -0.2) is 4.39 Å². The molecule has 0 aromatic heterocycles. The second-order valence-corrected chi connectivity index (χ2v) is 3.31. The summed E-state index contributed by atoms with van der Waals surface area (Å²) in [6.45, 7) is 0.923. The maximum atomic E-state index is 13.1. The van der Waals surface area contributed by atoms with Crippen LogP contribution in [0.5, 0.6) is 5.75 Å². The van der Waals surface area contributed by atoms with Crippen molar-refractivity contribution in [3.8, 4) is 5.75 Å². The first-order chi connectivity index (χ1) is 6.72. The molecule has 0 bridgehead atoms. The third-order valence-electron chi connectivity index (χ3n) is 2.46. The predicted octanol–water partition coefficient (Wildman–Crippen LogP) is 2.01. The number of nitrogens with one attached hydrogen (secondary N) is 1. The van der Waals surface area contributed by atoms with Crippen LogP contribution in [0.1, 0.15) is 18.0 Å². The lowest BCUT2D eigenvalue weighted by molar-refractivity contribution is 0.356. The molecule has 1 aliphatic heterocycles. The predicted molar refractivity (Wildman–Crippen MR) is 48.3 cm³/mol. The molecule has 0 saturated carbocycles. The highest BCUT2D eigenvalue weighted by molar-refractivity contribution is 5.34. The smallest absolute Gasteiger partial charge is 0.200 e. The first-order valence-corrected chi connectivity index (χ1v) is 4.48. The van der Waals surface area contributed by atoms with E-state index >= 15 is 0 Å². The van der Waals surface area contributed by atoms with Gasteiger partial charge in [0.2, 0.25) is 5.82 Å². The van der Waals surface area contributed by atoms with Gasteiger partial charge in [0.25, 0.3) is 0 Å². The zero-order valence-corrected chi connectivity index (χ0v) is 7.81. The minimum Gasteiger partial charge on any atom is -0.494 e. The van der Waals surface area contributed by atoms with Crippen LogP contribution in [-0.4, -0.2) is 13.7 Å². The highest BCUT2D eigenvalue weighted by Crippen LogP contribution is 2.29. The Bertz CT molecular complexity index is 350. The van der Waals surface area contributed by atoms with Crippen LogP contribution >= 0.6 is 0 Å². The van der Waals surface area contributed by atoms with E-state index in [4.69, 9.17) is 4.74 Å². The number of rotatable bonds is 2. The van der Waals surface area contributed by atoms with Crippen LogP contribution in [-0.2, 0) is 0 Å². The van der Waals surface area contributed by atoms with E-state index in [0.29, 0.717) is 0 Å². The fraction of sp³-hybridized carbons (Fsp3) is 0.400. The summed E-state index contributed by atoms with van der Waals surface area (Å²) in [4.78, 5) is 0. The molecule has 0 spiro atoms. The van der Waals surface area contributed by atoms with E-state index in [0.717, 1.165) is 18.5 Å². The molecule has 2 nitrogen and oxygen atoms in total. The van der Waals surface area contributed by atoms with Gasteiger partial charge in [0.05, 0.1) is 7.11 Å². The van der Waals surface area contributed by atoms with Crippen LogP contribution in [0.15, 0.2) is 12.1 Å². The number of hydrogen-bond acceptors (Lipinski definition) is 2. The van der Waals surface area contributed by atoms with Crippen molar-refractivity contribution < 1.29 is 13.5 Å². The molecule has 1 aromatic carbocycles. The van der Waals surface area contributed by atoms with Gasteiger partial charge in [-0.1, -0.05) is 0 Å². The molecule has 1 fully saturated rings. The zero-order valence-electron chi connectivity index (χ0n) is 7.81. The van der Waals surface area contributed by atoms with Crippen LogP contribution in [0.25, 0.3) is 0 Å². The fourth-order valence-corrected chi connectivity index (χ4v) is 1.51. The summed E-state index contributed by atoms with van der Waals surface area (Å²) in [6.07, 6.45) is 0.953. The first-order valence-electron chi connectivity index (χ1n) is 4.48. The summed E-state index contributed by atoms with van der Waals surface area (Å²) in [5, 5.41) is 3.12. The van der Waals surface area contributed by atoms with Gasteiger partial charge < -0.3 is 10.1 Å². The maximum Gasteiger partial charge on any atom is 0.200 e. The summed E-state index contributed by atoms with van der Waals surface area (Å²) in [5.74, 6) is -1.81. The highest BCUT2D eigenvalue weighted by Gasteiger charge is 2.21. The van der Waals surface area contributed by atoms with Crippen molar-refractivity contribution in [1.29, 1.82) is 0 Å². The molecule has 1 atom stereocenters. The molecule has 1 saturated heterocycles. The number of benzene rings is 1. The lowest BCUT2D eigenvalue weighted by Gasteiger charge is -2.28. The Morgan fingerprint density at radius 3 is 2.64 bits per heavy atom. The summed E-state index contributed by atoms with van der Waals surface area (Å²) in [7, 11) is 1.33. The molecule has 0 amide bonds. The highest BCUT2D eigenvalue weighted by atomic mass is 19.2. The van der Waals surface area contributed by atoms with Gasteiger partial charge in [0.15, 0.2) is 11.6 Å². The summed E-state index contributed by atoms with van der Waals surface area (Å²) >= 11 is 0. The Balaban J connectivity index is 2.37. The van der Waals surface area contributed by atoms with Crippen LogP contribution in [0, 0.1) is 11.6 Å². The fourth-order valence-electron chi connectivity index (χ4n) is 1.51. The van der Waals surface area contributed by atoms with Crippen molar-refractivity contribution in [2.45, 2.75) is 12.5 Å². The van der Waals surface area contributed by atoms with Crippen molar-refractivity contribution in [3.05, 3.63) is 29.3 Å². The largest absolute Gasteiger partial charge is 0.494 e. The molecule has 1 heterocycles. The first kappa shape index (κ1) is 9.40. The van der Waals surface area contributed by atoms with E-state index in [9.17, 15) is 8.78 Å². The van der Waals surface area contributed by atoms with E-state index in [1.165, 1.54) is 19.2 Å². The van der Waals surface area contributed by atoms with Crippen LogP contribution < -0.4 is 10.1 Å². The Labute approximate surface area is 80.9 Å². The van der Waals surface area contributed by atoms with Crippen LogP contribution in [0.3, 0.4) is 0 Å². The van der Waals surface area contributed by atoms with E-state index in [2.05, 4.69) is 5.32 Å². The average Bonchev–Trinajstić information content (AvgIpc) is 2.08. The second-order valence-electron chi connectivity index (χ2n) is 3.31. The molecular weight excluding hydrogens is 188 g/mol. The normalized spacial score (nSPS) is 20.4. The second kappa shape index (κ2) is 3.53. The van der Waals surface area contributed by atoms with E-state index < -0.39 is 11.6 Å². The zero-order chi connectivity index (χ0) is 10.1. The van der Waals surface area contributed by atoms with Crippen LogP contribution in [0.4, 0.5) is 8.78 Å². The molecular formula is C10H11F2NO. The Kier molecular flexibility index (Phi) is 2.37. The van der Waals surface area contributed by atoms with Gasteiger partial charge in [-0.05, 0) is 30.7 Å². The van der Waals surface area contributed by atoms with Crippen molar-refractivity contribution in [2.24, 2.45) is 0 Å². The molecule has 1 aromatic rings.